The van der Waals surface area contributed by atoms with E-state index in [1.807, 2.05) is 24.3 Å². The van der Waals surface area contributed by atoms with Crippen molar-refractivity contribution < 1.29 is 29.1 Å². The maximum atomic E-state index is 12.8. The van der Waals surface area contributed by atoms with Gasteiger partial charge in [-0.3, -0.25) is 19.9 Å². The van der Waals surface area contributed by atoms with Crippen LogP contribution in [-0.2, 0) is 11.2 Å². The molecule has 0 saturated carbocycles. The van der Waals surface area contributed by atoms with Crippen LogP contribution in [0.4, 0.5) is 4.79 Å². The minimum Gasteiger partial charge on any atom is -0.491 e. The molecule has 31 heavy (non-hydrogen) atoms. The Morgan fingerprint density at radius 3 is 2.77 bits per heavy atom. The van der Waals surface area contributed by atoms with E-state index in [1.54, 1.807) is 11.6 Å². The summed E-state index contributed by atoms with van der Waals surface area (Å²) in [5.74, 6) is 0.942. The molecular weight excluding hydrogens is 402 g/mol. The summed E-state index contributed by atoms with van der Waals surface area (Å²) in [6, 6.07) is 6.39. The molecule has 1 aromatic carbocycles. The van der Waals surface area contributed by atoms with E-state index in [0.717, 1.165) is 16.9 Å². The van der Waals surface area contributed by atoms with E-state index in [0.29, 0.717) is 30.5 Å². The van der Waals surface area contributed by atoms with E-state index in [2.05, 4.69) is 17.2 Å². The van der Waals surface area contributed by atoms with Crippen molar-refractivity contribution >= 4 is 23.7 Å². The molecule has 2 aliphatic heterocycles. The molecular formula is C21H30N5O5+. The van der Waals surface area contributed by atoms with Crippen LogP contribution in [0.15, 0.2) is 29.3 Å². The Morgan fingerprint density at radius 2 is 2.06 bits per heavy atom. The molecule has 2 unspecified atom stereocenters. The highest BCUT2D eigenvalue weighted by atomic mass is 16.5. The van der Waals surface area contributed by atoms with Crippen LogP contribution in [0.5, 0.6) is 5.75 Å². The summed E-state index contributed by atoms with van der Waals surface area (Å²) in [5.41, 5.74) is 1.14. The normalized spacial score (nSPS) is 19.5. The summed E-state index contributed by atoms with van der Waals surface area (Å²) >= 11 is 0. The molecule has 168 valence electrons. The molecule has 1 saturated heterocycles. The molecule has 1 fully saturated rings. The number of fused-ring (bicyclic) bond motifs is 1. The van der Waals surface area contributed by atoms with Crippen molar-refractivity contribution in [1.82, 2.24) is 15.1 Å². The number of aliphatic hydroxyl groups is 2. The van der Waals surface area contributed by atoms with Crippen molar-refractivity contribution in [3.05, 3.63) is 29.8 Å². The minimum atomic E-state index is -0.907. The van der Waals surface area contributed by atoms with E-state index < -0.39 is 24.1 Å². The number of nitrogens with one attached hydrogen (secondary N) is 1. The van der Waals surface area contributed by atoms with Crippen molar-refractivity contribution in [2.24, 2.45) is 4.99 Å². The summed E-state index contributed by atoms with van der Waals surface area (Å²) in [4.78, 5) is 32.0. The Bertz CT molecular complexity index is 900. The van der Waals surface area contributed by atoms with Crippen LogP contribution in [-0.4, -0.2) is 101 Å². The number of likely N-dealkylation sites (N-methyl/N-ethyl adjacent to an activating group) is 2. The number of β-amino-alcohol motifs (C(OH)–C–C–N with tert-alkyl or cyclic N) is 1. The second kappa shape index (κ2) is 9.88. The van der Waals surface area contributed by atoms with Crippen molar-refractivity contribution in [1.29, 1.82) is 0 Å². The van der Waals surface area contributed by atoms with Gasteiger partial charge in [0.1, 0.15) is 18.5 Å². The molecule has 10 nitrogen and oxygen atoms in total. The lowest BCUT2D eigenvalue weighted by molar-refractivity contribution is -0.545. The lowest BCUT2D eigenvalue weighted by Gasteiger charge is -2.32. The first-order chi connectivity index (χ1) is 14.9. The fraction of sp³-hybridized carbons (Fsp3) is 0.524. The van der Waals surface area contributed by atoms with Gasteiger partial charge >= 0.3 is 12.0 Å². The summed E-state index contributed by atoms with van der Waals surface area (Å²) in [6.45, 7) is 2.61. The summed E-state index contributed by atoms with van der Waals surface area (Å²) in [7, 11) is 2.99. The number of benzene rings is 1. The molecule has 1 aromatic rings. The first-order valence-corrected chi connectivity index (χ1v) is 10.4. The molecule has 2 aliphatic rings. The lowest BCUT2D eigenvalue weighted by Crippen LogP contribution is -2.62. The molecule has 3 rings (SSSR count). The number of amidine groups is 1. The zero-order valence-electron chi connectivity index (χ0n) is 18.1. The predicted molar refractivity (Wildman–Crippen MR) is 114 cm³/mol. The van der Waals surface area contributed by atoms with Crippen LogP contribution in [0.1, 0.15) is 18.9 Å². The quantitative estimate of drug-likeness (QED) is 0.362. The number of hydrogen-bond donors (Lipinski definition) is 3. The molecule has 0 bridgehead atoms. The van der Waals surface area contributed by atoms with Crippen molar-refractivity contribution in [3.63, 3.8) is 0 Å². The number of urea groups is 1. The fourth-order valence-electron chi connectivity index (χ4n) is 3.54. The van der Waals surface area contributed by atoms with E-state index in [4.69, 9.17) is 9.84 Å². The van der Waals surface area contributed by atoms with Gasteiger partial charge in [0.15, 0.2) is 0 Å². The predicted octanol–water partition coefficient (Wildman–Crippen LogP) is -0.366. The fourth-order valence-corrected chi connectivity index (χ4v) is 3.54. The third-order valence-electron chi connectivity index (χ3n) is 5.31. The van der Waals surface area contributed by atoms with Crippen molar-refractivity contribution in [2.75, 3.05) is 40.4 Å². The van der Waals surface area contributed by atoms with Crippen molar-refractivity contribution in [3.8, 4) is 5.75 Å². The van der Waals surface area contributed by atoms with Gasteiger partial charge in [0.05, 0.1) is 13.1 Å². The van der Waals surface area contributed by atoms with Gasteiger partial charge in [-0.15, -0.1) is 0 Å². The van der Waals surface area contributed by atoms with Gasteiger partial charge in [-0.1, -0.05) is 24.0 Å². The topological polar surface area (TPSA) is 118 Å². The average molecular weight is 433 g/mol. The second-order valence-electron chi connectivity index (χ2n) is 7.56. The SMILES string of the molecule is CCc1cccc(OCC(O)C[N+]2=C(NCCCO)N=C3C2C(=O)N(C)C(=O)N3C)c1. The molecule has 2 atom stereocenters. The number of hydrogen-bond acceptors (Lipinski definition) is 7. The first kappa shape index (κ1) is 22.7. The molecule has 0 aliphatic carbocycles. The third kappa shape index (κ3) is 4.86. The van der Waals surface area contributed by atoms with Gasteiger partial charge in [-0.05, 0) is 24.1 Å². The number of aliphatic imine (C=N–C) groups is 1. The molecule has 3 N–H and O–H groups in total. The zero-order chi connectivity index (χ0) is 22.5. The summed E-state index contributed by atoms with van der Waals surface area (Å²) in [5, 5.41) is 22.8. The number of ether oxygens (including phenoxy) is 1. The largest absolute Gasteiger partial charge is 0.491 e. The van der Waals surface area contributed by atoms with Crippen LogP contribution < -0.4 is 10.1 Å². The molecule has 0 aromatic heterocycles. The minimum absolute atomic E-state index is 0.00757. The van der Waals surface area contributed by atoms with Gasteiger partial charge < -0.3 is 14.9 Å². The number of aliphatic hydroxyl groups excluding tert-OH is 2. The number of imide groups is 1. The van der Waals surface area contributed by atoms with Crippen LogP contribution in [0.2, 0.25) is 0 Å². The third-order valence-corrected chi connectivity index (χ3v) is 5.31. The molecule has 3 amide bonds. The van der Waals surface area contributed by atoms with Crippen LogP contribution in [0, 0.1) is 0 Å². The van der Waals surface area contributed by atoms with E-state index in [-0.39, 0.29) is 19.8 Å². The van der Waals surface area contributed by atoms with Gasteiger partial charge in [0.25, 0.3) is 5.91 Å². The van der Waals surface area contributed by atoms with E-state index in [9.17, 15) is 14.7 Å². The number of rotatable bonds is 9. The average Bonchev–Trinajstić information content (AvgIpc) is 3.13. The smallest absolute Gasteiger partial charge is 0.390 e. The maximum absolute atomic E-state index is 12.8. The van der Waals surface area contributed by atoms with Gasteiger partial charge in [-0.2, -0.15) is 0 Å². The number of carbonyl (C=O) groups is 2. The zero-order valence-corrected chi connectivity index (χ0v) is 18.1. The van der Waals surface area contributed by atoms with Crippen LogP contribution in [0.3, 0.4) is 0 Å². The number of amides is 3. The van der Waals surface area contributed by atoms with Gasteiger partial charge in [-0.25, -0.2) is 9.37 Å². The Labute approximate surface area is 181 Å². The van der Waals surface area contributed by atoms with Crippen molar-refractivity contribution in [2.45, 2.75) is 31.9 Å². The molecule has 10 heteroatoms. The highest BCUT2D eigenvalue weighted by Crippen LogP contribution is 2.19. The van der Waals surface area contributed by atoms with Crippen LogP contribution >= 0.6 is 0 Å². The van der Waals surface area contributed by atoms with E-state index in [1.165, 1.54) is 11.9 Å². The molecule has 0 radical (unpaired) electrons. The first-order valence-electron chi connectivity index (χ1n) is 10.4. The number of guanidine groups is 1. The highest BCUT2D eigenvalue weighted by Gasteiger charge is 2.51. The molecule has 2 heterocycles. The standard InChI is InChI=1S/C21H29N5O5/c1-4-14-7-5-8-16(11-14)31-13-15(28)12-26-17-18(23-20(26)22-9-6-10-27)24(2)21(30)25(3)19(17)29/h5,7-8,11,15,17,27-28H,4,6,9-10,12-13H2,1-3H3/p+1. The second-order valence-corrected chi connectivity index (χ2v) is 7.56. The highest BCUT2D eigenvalue weighted by molar-refractivity contribution is 6.22. The Hall–Kier alpha value is -2.98. The molecule has 0 spiro atoms. The number of aryl methyl sites for hydroxylation is 1. The summed E-state index contributed by atoms with van der Waals surface area (Å²) in [6.07, 6.45) is 0.472. The Morgan fingerprint density at radius 1 is 1.29 bits per heavy atom. The number of carbonyl (C=O) groups excluding carboxylic acids is 2. The summed E-state index contributed by atoms with van der Waals surface area (Å²) < 4.78 is 7.38. The Balaban J connectivity index is 1.75. The van der Waals surface area contributed by atoms with Gasteiger partial charge in [0, 0.05) is 27.1 Å². The number of nitrogens with zero attached hydrogens (tertiary/aromatic N) is 4. The lowest BCUT2D eigenvalue weighted by atomic mass is 10.1. The maximum Gasteiger partial charge on any atom is 0.390 e. The van der Waals surface area contributed by atoms with E-state index >= 15 is 0 Å². The monoisotopic (exact) mass is 432 g/mol. The van der Waals surface area contributed by atoms with Crippen LogP contribution in [0.25, 0.3) is 0 Å². The van der Waals surface area contributed by atoms with Gasteiger partial charge in [0.2, 0.25) is 11.9 Å². The Kier molecular flexibility index (Phi) is 7.24.